The first-order chi connectivity index (χ1) is 10.6. The quantitative estimate of drug-likeness (QED) is 0.751. The standard InChI is InChI=1S/C17H12ClFN2O/c1-10-14(18)6-5-13-15(7-8-20-16(10)13)21-17(22)11-3-2-4-12(19)9-11/h2-9H,1H3,(H,20,21,22). The van der Waals surface area contributed by atoms with E-state index in [4.69, 9.17) is 11.6 Å². The fraction of sp³-hybridized carbons (Fsp3) is 0.0588. The highest BCUT2D eigenvalue weighted by Gasteiger charge is 2.11. The number of rotatable bonds is 2. The number of aryl methyl sites for hydroxylation is 1. The number of pyridine rings is 1. The molecule has 2 aromatic carbocycles. The third-order valence-electron chi connectivity index (χ3n) is 3.43. The van der Waals surface area contributed by atoms with E-state index in [-0.39, 0.29) is 11.5 Å². The SMILES string of the molecule is Cc1c(Cl)ccc2c(NC(=O)c3cccc(F)c3)ccnc12. The second-order valence-electron chi connectivity index (χ2n) is 4.89. The maximum Gasteiger partial charge on any atom is 0.255 e. The fourth-order valence-corrected chi connectivity index (χ4v) is 2.42. The zero-order valence-corrected chi connectivity index (χ0v) is 12.5. The predicted octanol–water partition coefficient (Wildman–Crippen LogP) is 4.59. The summed E-state index contributed by atoms with van der Waals surface area (Å²) in [6.45, 7) is 1.87. The summed E-state index contributed by atoms with van der Waals surface area (Å²) in [4.78, 5) is 16.5. The van der Waals surface area contributed by atoms with Gasteiger partial charge in [-0.25, -0.2) is 4.39 Å². The molecule has 0 atom stereocenters. The molecule has 3 rings (SSSR count). The van der Waals surface area contributed by atoms with Crippen LogP contribution in [0.4, 0.5) is 10.1 Å². The van der Waals surface area contributed by atoms with Crippen LogP contribution in [-0.4, -0.2) is 10.9 Å². The maximum atomic E-state index is 13.2. The first-order valence-electron chi connectivity index (χ1n) is 6.67. The molecule has 22 heavy (non-hydrogen) atoms. The Morgan fingerprint density at radius 3 is 2.82 bits per heavy atom. The Morgan fingerprint density at radius 2 is 2.05 bits per heavy atom. The van der Waals surface area contributed by atoms with Gasteiger partial charge >= 0.3 is 0 Å². The topological polar surface area (TPSA) is 42.0 Å². The van der Waals surface area contributed by atoms with E-state index in [2.05, 4.69) is 10.3 Å². The zero-order chi connectivity index (χ0) is 15.7. The van der Waals surface area contributed by atoms with Gasteiger partial charge in [-0.2, -0.15) is 0 Å². The number of carbonyl (C=O) groups is 1. The van der Waals surface area contributed by atoms with Crippen molar-refractivity contribution in [3.8, 4) is 0 Å². The van der Waals surface area contributed by atoms with Crippen LogP contribution in [0.1, 0.15) is 15.9 Å². The van der Waals surface area contributed by atoms with Gasteiger partial charge in [-0.3, -0.25) is 9.78 Å². The lowest BCUT2D eigenvalue weighted by Gasteiger charge is -2.10. The molecule has 1 N–H and O–H groups in total. The Kier molecular flexibility index (Phi) is 3.77. The molecule has 1 heterocycles. The van der Waals surface area contributed by atoms with Gasteiger partial charge in [-0.1, -0.05) is 17.7 Å². The van der Waals surface area contributed by atoms with Crippen molar-refractivity contribution in [2.24, 2.45) is 0 Å². The molecule has 3 aromatic rings. The van der Waals surface area contributed by atoms with E-state index in [1.54, 1.807) is 30.5 Å². The van der Waals surface area contributed by atoms with Gasteiger partial charge < -0.3 is 5.32 Å². The summed E-state index contributed by atoms with van der Waals surface area (Å²) in [5.41, 5.74) is 2.44. The van der Waals surface area contributed by atoms with Crippen LogP contribution in [0.2, 0.25) is 5.02 Å². The number of aromatic nitrogens is 1. The summed E-state index contributed by atoms with van der Waals surface area (Å²) >= 11 is 6.09. The minimum absolute atomic E-state index is 0.260. The number of fused-ring (bicyclic) bond motifs is 1. The molecule has 5 heteroatoms. The second-order valence-corrected chi connectivity index (χ2v) is 5.30. The average molecular weight is 315 g/mol. The fourth-order valence-electron chi connectivity index (χ4n) is 2.27. The Balaban J connectivity index is 2.01. The Labute approximate surface area is 131 Å². The summed E-state index contributed by atoms with van der Waals surface area (Å²) in [7, 11) is 0. The lowest BCUT2D eigenvalue weighted by atomic mass is 10.1. The van der Waals surface area contributed by atoms with Crippen molar-refractivity contribution in [1.82, 2.24) is 4.98 Å². The van der Waals surface area contributed by atoms with E-state index in [0.29, 0.717) is 10.7 Å². The minimum Gasteiger partial charge on any atom is -0.321 e. The van der Waals surface area contributed by atoms with Crippen molar-refractivity contribution in [1.29, 1.82) is 0 Å². The molecule has 0 fully saturated rings. The van der Waals surface area contributed by atoms with E-state index in [0.717, 1.165) is 16.5 Å². The molecule has 0 spiro atoms. The van der Waals surface area contributed by atoms with Gasteiger partial charge in [0.2, 0.25) is 0 Å². The van der Waals surface area contributed by atoms with Crippen LogP contribution < -0.4 is 5.32 Å². The van der Waals surface area contributed by atoms with Crippen molar-refractivity contribution in [3.05, 3.63) is 70.6 Å². The second kappa shape index (κ2) is 5.73. The largest absolute Gasteiger partial charge is 0.321 e. The van der Waals surface area contributed by atoms with Gasteiger partial charge in [0.1, 0.15) is 5.82 Å². The molecule has 0 aliphatic carbocycles. The van der Waals surface area contributed by atoms with Crippen LogP contribution in [0.15, 0.2) is 48.7 Å². The molecule has 1 amide bonds. The van der Waals surface area contributed by atoms with E-state index in [1.807, 2.05) is 6.92 Å². The Hall–Kier alpha value is -2.46. The highest BCUT2D eigenvalue weighted by Crippen LogP contribution is 2.28. The molecule has 0 saturated heterocycles. The zero-order valence-electron chi connectivity index (χ0n) is 11.7. The van der Waals surface area contributed by atoms with Crippen molar-refractivity contribution in [2.75, 3.05) is 5.32 Å². The van der Waals surface area contributed by atoms with Gasteiger partial charge in [0.15, 0.2) is 0 Å². The number of benzene rings is 2. The monoisotopic (exact) mass is 314 g/mol. The van der Waals surface area contributed by atoms with Gasteiger partial charge in [0.25, 0.3) is 5.91 Å². The van der Waals surface area contributed by atoms with Gasteiger partial charge in [0.05, 0.1) is 11.2 Å². The van der Waals surface area contributed by atoms with Gasteiger partial charge in [-0.15, -0.1) is 0 Å². The molecular formula is C17H12ClFN2O. The van der Waals surface area contributed by atoms with E-state index in [1.165, 1.54) is 18.2 Å². The van der Waals surface area contributed by atoms with Gasteiger partial charge in [0, 0.05) is 22.2 Å². The molecule has 0 unspecified atom stereocenters. The molecule has 0 aliphatic heterocycles. The molecule has 0 radical (unpaired) electrons. The van der Waals surface area contributed by atoms with E-state index < -0.39 is 5.82 Å². The average Bonchev–Trinajstić information content (AvgIpc) is 2.51. The highest BCUT2D eigenvalue weighted by atomic mass is 35.5. The lowest BCUT2D eigenvalue weighted by molar-refractivity contribution is 0.102. The number of anilines is 1. The Morgan fingerprint density at radius 1 is 1.23 bits per heavy atom. The first kappa shape index (κ1) is 14.5. The molecule has 3 nitrogen and oxygen atoms in total. The predicted molar refractivity (Wildman–Crippen MR) is 85.8 cm³/mol. The van der Waals surface area contributed by atoms with Gasteiger partial charge in [-0.05, 0) is 48.9 Å². The van der Waals surface area contributed by atoms with Crippen molar-refractivity contribution in [2.45, 2.75) is 6.92 Å². The molecular weight excluding hydrogens is 303 g/mol. The van der Waals surface area contributed by atoms with Crippen molar-refractivity contribution in [3.63, 3.8) is 0 Å². The minimum atomic E-state index is -0.449. The lowest BCUT2D eigenvalue weighted by Crippen LogP contribution is -2.12. The molecule has 110 valence electrons. The van der Waals surface area contributed by atoms with Crippen LogP contribution in [0, 0.1) is 12.7 Å². The normalized spacial score (nSPS) is 10.7. The van der Waals surface area contributed by atoms with Crippen LogP contribution >= 0.6 is 11.6 Å². The van der Waals surface area contributed by atoms with Crippen molar-refractivity contribution >= 4 is 34.1 Å². The summed E-state index contributed by atoms with van der Waals surface area (Å²) in [5.74, 6) is -0.825. The van der Waals surface area contributed by atoms with E-state index in [9.17, 15) is 9.18 Å². The molecule has 1 aromatic heterocycles. The molecule has 0 bridgehead atoms. The summed E-state index contributed by atoms with van der Waals surface area (Å²) < 4.78 is 13.2. The smallest absolute Gasteiger partial charge is 0.255 e. The van der Waals surface area contributed by atoms with Crippen LogP contribution in [-0.2, 0) is 0 Å². The summed E-state index contributed by atoms with van der Waals surface area (Å²) in [5, 5.41) is 4.19. The summed E-state index contributed by atoms with van der Waals surface area (Å²) in [6.07, 6.45) is 1.60. The van der Waals surface area contributed by atoms with Crippen LogP contribution in [0.5, 0.6) is 0 Å². The number of nitrogens with zero attached hydrogens (tertiary/aromatic N) is 1. The summed E-state index contributed by atoms with van der Waals surface area (Å²) in [6, 6.07) is 10.8. The number of carbonyl (C=O) groups excluding carboxylic acids is 1. The third kappa shape index (κ3) is 2.65. The number of halogens is 2. The number of hydrogen-bond acceptors (Lipinski definition) is 2. The highest BCUT2D eigenvalue weighted by molar-refractivity contribution is 6.32. The van der Waals surface area contributed by atoms with Crippen molar-refractivity contribution < 1.29 is 9.18 Å². The Bertz CT molecular complexity index is 880. The van der Waals surface area contributed by atoms with Crippen LogP contribution in [0.3, 0.4) is 0 Å². The first-order valence-corrected chi connectivity index (χ1v) is 7.05. The number of nitrogens with one attached hydrogen (secondary N) is 1. The third-order valence-corrected chi connectivity index (χ3v) is 3.84. The maximum absolute atomic E-state index is 13.2. The van der Waals surface area contributed by atoms with Crippen LogP contribution in [0.25, 0.3) is 10.9 Å². The molecule has 0 saturated carbocycles. The van der Waals surface area contributed by atoms with E-state index >= 15 is 0 Å². The number of hydrogen-bond donors (Lipinski definition) is 1. The number of amides is 1. The molecule has 0 aliphatic rings.